The number of nitrogens with one attached hydrogen (secondary N) is 2. The van der Waals surface area contributed by atoms with Crippen molar-refractivity contribution in [2.75, 3.05) is 21.2 Å². The minimum absolute atomic E-state index is 0.0650. The quantitative estimate of drug-likeness (QED) is 0.816. The number of amides is 2. The Morgan fingerprint density at radius 2 is 2.04 bits per heavy atom. The molecular formula is C20H28N4O3. The summed E-state index contributed by atoms with van der Waals surface area (Å²) < 4.78 is 5.12. The number of ether oxygens (including phenoxy) is 1. The molecule has 0 saturated heterocycles. The summed E-state index contributed by atoms with van der Waals surface area (Å²) in [6.07, 6.45) is 6.62. The second-order valence-corrected chi connectivity index (χ2v) is 7.47. The van der Waals surface area contributed by atoms with Crippen LogP contribution in [0.15, 0.2) is 18.2 Å². The average Bonchev–Trinajstić information content (AvgIpc) is 3.10. The van der Waals surface area contributed by atoms with Crippen LogP contribution >= 0.6 is 0 Å². The summed E-state index contributed by atoms with van der Waals surface area (Å²) >= 11 is 0. The Hall–Kier alpha value is -2.57. The van der Waals surface area contributed by atoms with E-state index in [0.717, 1.165) is 18.4 Å². The predicted molar refractivity (Wildman–Crippen MR) is 104 cm³/mol. The molecule has 0 radical (unpaired) electrons. The number of methoxy groups -OCH3 is 1. The van der Waals surface area contributed by atoms with E-state index in [1.165, 1.54) is 19.3 Å². The normalized spacial score (nSPS) is 16.1. The van der Waals surface area contributed by atoms with Crippen LogP contribution in [0.3, 0.4) is 0 Å². The van der Waals surface area contributed by atoms with Gasteiger partial charge < -0.3 is 19.9 Å². The van der Waals surface area contributed by atoms with Gasteiger partial charge in [-0.15, -0.1) is 0 Å². The highest BCUT2D eigenvalue weighted by Gasteiger charge is 2.27. The molecular weight excluding hydrogens is 344 g/mol. The summed E-state index contributed by atoms with van der Waals surface area (Å²) in [5, 5.41) is 2.93. The number of nitrogens with zero attached hydrogens (tertiary/aromatic N) is 2. The monoisotopic (exact) mass is 372 g/mol. The van der Waals surface area contributed by atoms with Gasteiger partial charge in [-0.25, -0.2) is 4.98 Å². The van der Waals surface area contributed by atoms with Crippen molar-refractivity contribution in [1.29, 1.82) is 0 Å². The van der Waals surface area contributed by atoms with Crippen LogP contribution in [0.4, 0.5) is 0 Å². The lowest BCUT2D eigenvalue weighted by molar-refractivity contribution is -0.131. The number of hydrogen-bond acceptors (Lipinski definition) is 4. The highest BCUT2D eigenvalue weighted by Crippen LogP contribution is 2.28. The summed E-state index contributed by atoms with van der Waals surface area (Å²) in [5.41, 5.74) is 1.80. The maximum atomic E-state index is 12.8. The van der Waals surface area contributed by atoms with E-state index in [0.29, 0.717) is 29.4 Å². The lowest BCUT2D eigenvalue weighted by Gasteiger charge is -2.28. The maximum Gasteiger partial charge on any atom is 0.268 e. The standard InChI is InChI=1S/C20H28N4O3/c1-24(2)20(26)17(11-13-7-5-4-6-8-13)23-19(25)16-12-15-14(21-16)9-10-18(22-15)27-3/h9-10,12-13,17,21H,4-8,11H2,1-3H3,(H,23,25)/t17-/m0/s1. The summed E-state index contributed by atoms with van der Waals surface area (Å²) in [5.74, 6) is 0.626. The van der Waals surface area contributed by atoms with Gasteiger partial charge in [0.05, 0.1) is 18.1 Å². The third-order valence-electron chi connectivity index (χ3n) is 5.24. The Labute approximate surface area is 159 Å². The molecule has 1 saturated carbocycles. The lowest BCUT2D eigenvalue weighted by Crippen LogP contribution is -2.47. The van der Waals surface area contributed by atoms with E-state index < -0.39 is 6.04 Å². The zero-order valence-corrected chi connectivity index (χ0v) is 16.2. The SMILES string of the molecule is COc1ccc2[nH]c(C(=O)N[C@@H](CC3CCCCC3)C(=O)N(C)C)cc2n1. The van der Waals surface area contributed by atoms with E-state index >= 15 is 0 Å². The lowest BCUT2D eigenvalue weighted by atomic mass is 9.84. The third-order valence-corrected chi connectivity index (χ3v) is 5.24. The summed E-state index contributed by atoms with van der Waals surface area (Å²) in [6.45, 7) is 0. The largest absolute Gasteiger partial charge is 0.481 e. The first-order valence-electron chi connectivity index (χ1n) is 9.53. The Bertz CT molecular complexity index is 809. The molecule has 3 rings (SSSR count). The van der Waals surface area contributed by atoms with Crippen molar-refractivity contribution in [1.82, 2.24) is 20.2 Å². The maximum absolute atomic E-state index is 12.8. The van der Waals surface area contributed by atoms with Gasteiger partial charge in [0.2, 0.25) is 11.8 Å². The molecule has 1 atom stereocenters. The molecule has 2 N–H and O–H groups in total. The van der Waals surface area contributed by atoms with Gasteiger partial charge in [-0.3, -0.25) is 9.59 Å². The van der Waals surface area contributed by atoms with Crippen molar-refractivity contribution in [2.24, 2.45) is 5.92 Å². The first-order chi connectivity index (χ1) is 13.0. The molecule has 0 spiro atoms. The van der Waals surface area contributed by atoms with Crippen LogP contribution in [0.1, 0.15) is 49.0 Å². The van der Waals surface area contributed by atoms with Crippen molar-refractivity contribution in [3.8, 4) is 5.88 Å². The molecule has 0 bridgehead atoms. The Kier molecular flexibility index (Phi) is 5.98. The van der Waals surface area contributed by atoms with Gasteiger partial charge in [0.15, 0.2) is 0 Å². The van der Waals surface area contributed by atoms with Crippen LogP contribution < -0.4 is 10.1 Å². The molecule has 2 amide bonds. The number of carbonyl (C=O) groups excluding carboxylic acids is 2. The minimum atomic E-state index is -0.510. The van der Waals surface area contributed by atoms with Crippen LogP contribution in [0.25, 0.3) is 11.0 Å². The molecule has 2 aromatic rings. The number of hydrogen-bond donors (Lipinski definition) is 2. The second-order valence-electron chi connectivity index (χ2n) is 7.47. The Balaban J connectivity index is 1.75. The van der Waals surface area contributed by atoms with E-state index in [4.69, 9.17) is 4.74 Å². The molecule has 0 aromatic carbocycles. The highest BCUT2D eigenvalue weighted by atomic mass is 16.5. The fourth-order valence-electron chi connectivity index (χ4n) is 3.75. The molecule has 1 aliphatic carbocycles. The Morgan fingerprint density at radius 1 is 1.30 bits per heavy atom. The summed E-state index contributed by atoms with van der Waals surface area (Å²) in [4.78, 5) is 34.3. The van der Waals surface area contributed by atoms with Gasteiger partial charge >= 0.3 is 0 Å². The predicted octanol–water partition coefficient (Wildman–Crippen LogP) is 2.73. The molecule has 0 aliphatic heterocycles. The smallest absolute Gasteiger partial charge is 0.268 e. The number of aromatic amines is 1. The first-order valence-corrected chi connectivity index (χ1v) is 9.53. The third kappa shape index (κ3) is 4.59. The van der Waals surface area contributed by atoms with Gasteiger partial charge in [-0.1, -0.05) is 32.1 Å². The van der Waals surface area contributed by atoms with Crippen LogP contribution in [-0.2, 0) is 4.79 Å². The van der Waals surface area contributed by atoms with Crippen LogP contribution in [-0.4, -0.2) is 53.9 Å². The highest BCUT2D eigenvalue weighted by molar-refractivity contribution is 5.99. The molecule has 0 unspecified atom stereocenters. The summed E-state index contributed by atoms with van der Waals surface area (Å²) in [6, 6.07) is 4.74. The summed E-state index contributed by atoms with van der Waals surface area (Å²) in [7, 11) is 5.00. The number of aromatic nitrogens is 2. The van der Waals surface area contributed by atoms with Crippen molar-refractivity contribution in [2.45, 2.75) is 44.6 Å². The van der Waals surface area contributed by atoms with E-state index in [9.17, 15) is 9.59 Å². The van der Waals surface area contributed by atoms with Crippen LogP contribution in [0, 0.1) is 5.92 Å². The molecule has 146 valence electrons. The zero-order chi connectivity index (χ0) is 19.4. The molecule has 7 heteroatoms. The number of carbonyl (C=O) groups is 2. The van der Waals surface area contributed by atoms with Gasteiger partial charge in [-0.05, 0) is 24.5 Å². The zero-order valence-electron chi connectivity index (χ0n) is 16.2. The van der Waals surface area contributed by atoms with Crippen LogP contribution in [0.5, 0.6) is 5.88 Å². The minimum Gasteiger partial charge on any atom is -0.481 e. The Morgan fingerprint density at radius 3 is 2.70 bits per heavy atom. The number of fused-ring (bicyclic) bond motifs is 1. The van der Waals surface area contributed by atoms with Gasteiger partial charge in [0.25, 0.3) is 5.91 Å². The average molecular weight is 372 g/mol. The fourth-order valence-corrected chi connectivity index (χ4v) is 3.75. The second kappa shape index (κ2) is 8.41. The molecule has 7 nitrogen and oxygen atoms in total. The fraction of sp³-hybridized carbons (Fsp3) is 0.550. The molecule has 1 fully saturated rings. The van der Waals surface area contributed by atoms with E-state index in [2.05, 4.69) is 15.3 Å². The molecule has 2 aromatic heterocycles. The molecule has 1 aliphatic rings. The van der Waals surface area contributed by atoms with E-state index in [1.807, 2.05) is 6.07 Å². The van der Waals surface area contributed by atoms with Crippen LogP contribution in [0.2, 0.25) is 0 Å². The number of likely N-dealkylation sites (N-methyl/N-ethyl adjacent to an activating group) is 1. The first kappa shape index (κ1) is 19.2. The van der Waals surface area contributed by atoms with Gasteiger partial charge in [0.1, 0.15) is 11.7 Å². The molecule has 27 heavy (non-hydrogen) atoms. The van der Waals surface area contributed by atoms with Crippen molar-refractivity contribution < 1.29 is 14.3 Å². The van der Waals surface area contributed by atoms with Gasteiger partial charge in [-0.2, -0.15) is 0 Å². The van der Waals surface area contributed by atoms with Crippen molar-refractivity contribution >= 4 is 22.8 Å². The van der Waals surface area contributed by atoms with Crippen molar-refractivity contribution in [3.63, 3.8) is 0 Å². The molecule has 2 heterocycles. The number of H-pyrrole nitrogens is 1. The van der Waals surface area contributed by atoms with Crippen molar-refractivity contribution in [3.05, 3.63) is 23.9 Å². The van der Waals surface area contributed by atoms with E-state index in [-0.39, 0.29) is 11.8 Å². The number of rotatable bonds is 6. The van der Waals surface area contributed by atoms with E-state index in [1.54, 1.807) is 38.2 Å². The topological polar surface area (TPSA) is 87.3 Å². The number of pyridine rings is 1. The van der Waals surface area contributed by atoms with Gasteiger partial charge in [0, 0.05) is 20.2 Å².